The maximum atomic E-state index is 5.59. The lowest BCUT2D eigenvalue weighted by Crippen LogP contribution is -2.32. The van der Waals surface area contributed by atoms with Crippen LogP contribution >= 0.6 is 0 Å². The first-order chi connectivity index (χ1) is 6.40. The van der Waals surface area contributed by atoms with E-state index in [-0.39, 0.29) is 6.04 Å². The monoisotopic (exact) mass is 178 g/mol. The Morgan fingerprint density at radius 2 is 2.31 bits per heavy atom. The van der Waals surface area contributed by atoms with Gasteiger partial charge in [-0.05, 0) is 6.07 Å². The van der Waals surface area contributed by atoms with Gasteiger partial charge in [-0.1, -0.05) is 18.2 Å². The summed E-state index contributed by atoms with van der Waals surface area (Å²) < 4.78 is 5.48. The molecule has 0 saturated heterocycles. The van der Waals surface area contributed by atoms with Gasteiger partial charge in [-0.3, -0.25) is 0 Å². The summed E-state index contributed by atoms with van der Waals surface area (Å²) in [5.41, 5.74) is 7.94. The summed E-state index contributed by atoms with van der Waals surface area (Å²) in [4.78, 5) is 0. The lowest BCUT2D eigenvalue weighted by molar-refractivity contribution is 0.118. The molecule has 0 spiro atoms. The quantitative estimate of drug-likeness (QED) is 0.673. The number of anilines is 1. The van der Waals surface area contributed by atoms with Gasteiger partial charge in [0.2, 0.25) is 0 Å². The fourth-order valence-electron chi connectivity index (χ4n) is 1.49. The minimum absolute atomic E-state index is 0.239. The molecular weight excluding hydrogens is 164 g/mol. The molecule has 3 N–H and O–H groups in total. The maximum absolute atomic E-state index is 5.59. The molecule has 0 fully saturated rings. The Hall–Kier alpha value is -1.06. The maximum Gasteiger partial charge on any atom is 0.0738 e. The van der Waals surface area contributed by atoms with Crippen LogP contribution in [-0.4, -0.2) is 19.2 Å². The number of para-hydroxylation sites is 1. The molecule has 1 aliphatic rings. The van der Waals surface area contributed by atoms with Crippen molar-refractivity contribution < 1.29 is 4.74 Å². The third kappa shape index (κ3) is 1.82. The van der Waals surface area contributed by atoms with E-state index >= 15 is 0 Å². The standard InChI is InChI=1S/C10H14N2O/c11-5-9-7-13-6-8-3-1-2-4-10(8)12-9/h1-4,9,12H,5-7,11H2. The molecule has 1 atom stereocenters. The van der Waals surface area contributed by atoms with E-state index in [4.69, 9.17) is 10.5 Å². The van der Waals surface area contributed by atoms with Crippen LogP contribution in [0.5, 0.6) is 0 Å². The number of nitrogens with two attached hydrogens (primary N) is 1. The minimum Gasteiger partial charge on any atom is -0.378 e. The van der Waals surface area contributed by atoms with E-state index in [1.54, 1.807) is 0 Å². The van der Waals surface area contributed by atoms with Crippen LogP contribution in [0.4, 0.5) is 5.69 Å². The van der Waals surface area contributed by atoms with Crippen molar-refractivity contribution in [1.82, 2.24) is 0 Å². The van der Waals surface area contributed by atoms with Gasteiger partial charge >= 0.3 is 0 Å². The first-order valence-corrected chi connectivity index (χ1v) is 4.52. The van der Waals surface area contributed by atoms with Crippen LogP contribution in [0.15, 0.2) is 24.3 Å². The Balaban J connectivity index is 2.23. The van der Waals surface area contributed by atoms with Gasteiger partial charge in [0.05, 0.1) is 19.3 Å². The summed E-state index contributed by atoms with van der Waals surface area (Å²) in [5.74, 6) is 0. The van der Waals surface area contributed by atoms with Crippen LogP contribution in [0.3, 0.4) is 0 Å². The third-order valence-corrected chi connectivity index (χ3v) is 2.24. The van der Waals surface area contributed by atoms with Crippen LogP contribution < -0.4 is 11.1 Å². The summed E-state index contributed by atoms with van der Waals surface area (Å²) in [7, 11) is 0. The van der Waals surface area contributed by atoms with E-state index in [0.717, 1.165) is 5.69 Å². The highest BCUT2D eigenvalue weighted by atomic mass is 16.5. The molecule has 1 unspecified atom stereocenters. The van der Waals surface area contributed by atoms with Crippen molar-refractivity contribution in [1.29, 1.82) is 0 Å². The molecule has 1 aliphatic heterocycles. The SMILES string of the molecule is NCC1COCc2ccccc2N1. The van der Waals surface area contributed by atoms with Gasteiger partial charge in [-0.2, -0.15) is 0 Å². The predicted molar refractivity (Wildman–Crippen MR) is 52.6 cm³/mol. The normalized spacial score (nSPS) is 21.5. The number of fused-ring (bicyclic) bond motifs is 1. The fraction of sp³-hybridized carbons (Fsp3) is 0.400. The van der Waals surface area contributed by atoms with Crippen molar-refractivity contribution >= 4 is 5.69 Å². The first-order valence-electron chi connectivity index (χ1n) is 4.52. The zero-order chi connectivity index (χ0) is 9.10. The van der Waals surface area contributed by atoms with Gasteiger partial charge in [0, 0.05) is 17.8 Å². The molecular formula is C10H14N2O. The lowest BCUT2D eigenvalue weighted by atomic mass is 10.2. The number of benzene rings is 1. The van der Waals surface area contributed by atoms with Crippen molar-refractivity contribution in [2.45, 2.75) is 12.6 Å². The van der Waals surface area contributed by atoms with Gasteiger partial charge in [0.1, 0.15) is 0 Å². The van der Waals surface area contributed by atoms with Crippen molar-refractivity contribution in [2.75, 3.05) is 18.5 Å². The molecule has 3 heteroatoms. The van der Waals surface area contributed by atoms with Crippen molar-refractivity contribution in [3.05, 3.63) is 29.8 Å². The lowest BCUT2D eigenvalue weighted by Gasteiger charge is -2.14. The van der Waals surface area contributed by atoms with E-state index in [0.29, 0.717) is 19.8 Å². The fourth-order valence-corrected chi connectivity index (χ4v) is 1.49. The average Bonchev–Trinajstić information content (AvgIpc) is 2.38. The van der Waals surface area contributed by atoms with Crippen LogP contribution in [-0.2, 0) is 11.3 Å². The smallest absolute Gasteiger partial charge is 0.0738 e. The van der Waals surface area contributed by atoms with Crippen LogP contribution in [0.2, 0.25) is 0 Å². The van der Waals surface area contributed by atoms with E-state index in [9.17, 15) is 0 Å². The summed E-state index contributed by atoms with van der Waals surface area (Å²) in [6.45, 7) is 1.97. The Labute approximate surface area is 77.9 Å². The van der Waals surface area contributed by atoms with Gasteiger partial charge in [0.15, 0.2) is 0 Å². The summed E-state index contributed by atoms with van der Waals surface area (Å²) in [6.07, 6.45) is 0. The molecule has 0 radical (unpaired) electrons. The second-order valence-corrected chi connectivity index (χ2v) is 3.25. The zero-order valence-electron chi connectivity index (χ0n) is 7.49. The number of hydrogen-bond acceptors (Lipinski definition) is 3. The minimum atomic E-state index is 0.239. The Kier molecular flexibility index (Phi) is 2.47. The Morgan fingerprint density at radius 1 is 1.46 bits per heavy atom. The molecule has 0 saturated carbocycles. The molecule has 0 bridgehead atoms. The van der Waals surface area contributed by atoms with Gasteiger partial charge in [0.25, 0.3) is 0 Å². The molecule has 2 rings (SSSR count). The number of ether oxygens (including phenoxy) is 1. The van der Waals surface area contributed by atoms with Crippen molar-refractivity contribution in [3.63, 3.8) is 0 Å². The van der Waals surface area contributed by atoms with Gasteiger partial charge in [-0.25, -0.2) is 0 Å². The number of hydrogen-bond donors (Lipinski definition) is 2. The summed E-state index contributed by atoms with van der Waals surface area (Å²) in [5, 5.41) is 3.36. The molecule has 1 aromatic rings. The summed E-state index contributed by atoms with van der Waals surface area (Å²) >= 11 is 0. The molecule has 0 aromatic heterocycles. The van der Waals surface area contributed by atoms with Gasteiger partial charge in [-0.15, -0.1) is 0 Å². The largest absolute Gasteiger partial charge is 0.378 e. The topological polar surface area (TPSA) is 47.3 Å². The number of nitrogens with one attached hydrogen (secondary N) is 1. The van der Waals surface area contributed by atoms with Crippen LogP contribution in [0.25, 0.3) is 0 Å². The molecule has 0 aliphatic carbocycles. The van der Waals surface area contributed by atoms with Crippen LogP contribution in [0.1, 0.15) is 5.56 Å². The molecule has 1 aromatic carbocycles. The van der Waals surface area contributed by atoms with E-state index < -0.39 is 0 Å². The molecule has 1 heterocycles. The highest BCUT2D eigenvalue weighted by Crippen LogP contribution is 2.19. The number of rotatable bonds is 1. The Morgan fingerprint density at radius 3 is 3.15 bits per heavy atom. The third-order valence-electron chi connectivity index (χ3n) is 2.24. The van der Waals surface area contributed by atoms with E-state index in [1.165, 1.54) is 5.56 Å². The predicted octanol–water partition coefficient (Wildman–Crippen LogP) is 0.956. The molecule has 13 heavy (non-hydrogen) atoms. The zero-order valence-corrected chi connectivity index (χ0v) is 7.49. The molecule has 70 valence electrons. The van der Waals surface area contributed by atoms with E-state index in [1.807, 2.05) is 12.1 Å². The van der Waals surface area contributed by atoms with E-state index in [2.05, 4.69) is 17.4 Å². The highest BCUT2D eigenvalue weighted by Gasteiger charge is 2.13. The Bertz CT molecular complexity index is 288. The summed E-state index contributed by atoms with van der Waals surface area (Å²) in [6, 6.07) is 8.41. The van der Waals surface area contributed by atoms with Crippen molar-refractivity contribution in [3.8, 4) is 0 Å². The molecule has 0 amide bonds. The van der Waals surface area contributed by atoms with Crippen molar-refractivity contribution in [2.24, 2.45) is 5.73 Å². The average molecular weight is 178 g/mol. The molecule has 3 nitrogen and oxygen atoms in total. The first kappa shape index (κ1) is 8.53. The highest BCUT2D eigenvalue weighted by molar-refractivity contribution is 5.52. The van der Waals surface area contributed by atoms with Crippen LogP contribution in [0, 0.1) is 0 Å². The second-order valence-electron chi connectivity index (χ2n) is 3.25. The van der Waals surface area contributed by atoms with Gasteiger partial charge < -0.3 is 15.8 Å². The second kappa shape index (κ2) is 3.77.